The summed E-state index contributed by atoms with van der Waals surface area (Å²) in [6.45, 7) is 3.55. The lowest BCUT2D eigenvalue weighted by atomic mass is 10.1. The Kier molecular flexibility index (Phi) is 8.90. The molecule has 2 amide bonds. The fourth-order valence-corrected chi connectivity index (χ4v) is 5.78. The molecule has 3 aromatic rings. The summed E-state index contributed by atoms with van der Waals surface area (Å²) in [6, 6.07) is 6.60. The molecule has 3 heterocycles. The molecule has 1 aromatic carbocycles. The van der Waals surface area contributed by atoms with E-state index >= 15 is 0 Å². The van der Waals surface area contributed by atoms with E-state index in [0.29, 0.717) is 11.3 Å². The van der Waals surface area contributed by atoms with Crippen molar-refractivity contribution in [1.29, 1.82) is 0 Å². The van der Waals surface area contributed by atoms with Gasteiger partial charge in [-0.3, -0.25) is 18.7 Å². The number of ether oxygens (including phenoxy) is 1. The molecule has 15 nitrogen and oxygen atoms in total. The van der Waals surface area contributed by atoms with Gasteiger partial charge >= 0.3 is 7.60 Å². The van der Waals surface area contributed by atoms with Crippen molar-refractivity contribution in [3.8, 4) is 0 Å². The second-order valence-electron chi connectivity index (χ2n) is 8.58. The number of hydrogen-bond acceptors (Lipinski definition) is 12. The van der Waals surface area contributed by atoms with Crippen molar-refractivity contribution in [2.45, 2.75) is 44.5 Å². The van der Waals surface area contributed by atoms with Crippen LogP contribution in [0.4, 0.5) is 11.5 Å². The molecule has 16 heteroatoms. The third-order valence-corrected chi connectivity index (χ3v) is 7.90. The molecule has 1 aliphatic rings. The second kappa shape index (κ2) is 12.2. The summed E-state index contributed by atoms with van der Waals surface area (Å²) in [7, 11) is -3.26. The highest BCUT2D eigenvalue weighted by molar-refractivity contribution is 7.53. The smallest absolute Gasteiger partial charge is 0.335 e. The van der Waals surface area contributed by atoms with Crippen LogP contribution in [0.15, 0.2) is 36.9 Å². The van der Waals surface area contributed by atoms with Gasteiger partial charge in [0, 0.05) is 5.69 Å². The van der Waals surface area contributed by atoms with Gasteiger partial charge in [-0.25, -0.2) is 15.0 Å². The van der Waals surface area contributed by atoms with Gasteiger partial charge in [-0.1, -0.05) is 12.1 Å². The normalized spacial score (nSPS) is 21.2. The molecule has 210 valence electrons. The number of rotatable bonds is 11. The average molecular weight is 564 g/mol. The number of anilines is 2. The number of imidazole rings is 1. The van der Waals surface area contributed by atoms with Gasteiger partial charge in [-0.05, 0) is 31.5 Å². The Morgan fingerprint density at radius 2 is 1.79 bits per heavy atom. The van der Waals surface area contributed by atoms with E-state index in [2.05, 4.69) is 25.6 Å². The highest BCUT2D eigenvalue weighted by atomic mass is 31.2. The maximum atomic E-state index is 12.7. The number of benzene rings is 1. The summed E-state index contributed by atoms with van der Waals surface area (Å²) >= 11 is 0. The molecule has 0 saturated carbocycles. The number of aliphatic hydroxyl groups excluding tert-OH is 2. The summed E-state index contributed by atoms with van der Waals surface area (Å²) in [5.41, 5.74) is 7.46. The summed E-state index contributed by atoms with van der Waals surface area (Å²) in [5, 5.41) is 26.0. The van der Waals surface area contributed by atoms with Gasteiger partial charge in [-0.15, -0.1) is 0 Å². The number of amides is 2. The summed E-state index contributed by atoms with van der Waals surface area (Å²) in [5.74, 6) is -1.21. The number of fused-ring (bicyclic) bond motifs is 1. The van der Waals surface area contributed by atoms with E-state index in [1.54, 1.807) is 38.1 Å². The predicted molar refractivity (Wildman–Crippen MR) is 138 cm³/mol. The molecule has 4 rings (SSSR count). The van der Waals surface area contributed by atoms with Crippen LogP contribution in [0.1, 0.15) is 25.6 Å². The van der Waals surface area contributed by atoms with Gasteiger partial charge in [0.1, 0.15) is 24.1 Å². The van der Waals surface area contributed by atoms with E-state index in [-0.39, 0.29) is 36.4 Å². The third kappa shape index (κ3) is 6.41. The van der Waals surface area contributed by atoms with Crippen LogP contribution in [0.3, 0.4) is 0 Å². The standard InChI is InChI=1S/C23H30N7O8P/c1-3-36-39(35,37-4-2)10-13-5-7-14(8-6-13)29-15(31)9-25-22(34)19-17(32)18(33)23(38-19)30-12-28-16-20(24)26-11-27-21(16)30/h5-8,11-12,17-19,23,32-33H,3-4,9-10H2,1-2H3,(H,25,34)(H,29,31)(H2,24,26,27)/t17-,18+,19-,23+/m0/s1. The lowest BCUT2D eigenvalue weighted by Crippen LogP contribution is -2.45. The molecule has 0 unspecified atom stereocenters. The lowest BCUT2D eigenvalue weighted by Gasteiger charge is -2.17. The fourth-order valence-electron chi connectivity index (χ4n) is 4.07. The first-order valence-electron chi connectivity index (χ1n) is 12.1. The second-order valence-corrected chi connectivity index (χ2v) is 10.6. The van der Waals surface area contributed by atoms with E-state index < -0.39 is 50.5 Å². The molecule has 39 heavy (non-hydrogen) atoms. The number of carbonyl (C=O) groups is 2. The van der Waals surface area contributed by atoms with Gasteiger partial charge in [0.25, 0.3) is 5.91 Å². The van der Waals surface area contributed by atoms with Gasteiger partial charge in [0.15, 0.2) is 23.8 Å². The van der Waals surface area contributed by atoms with Crippen molar-refractivity contribution in [3.05, 3.63) is 42.5 Å². The molecule has 1 fully saturated rings. The monoisotopic (exact) mass is 563 g/mol. The fraction of sp³-hybridized carbons (Fsp3) is 0.435. The summed E-state index contributed by atoms with van der Waals surface area (Å²) in [6.07, 6.45) is -3.09. The lowest BCUT2D eigenvalue weighted by molar-refractivity contribution is -0.138. The van der Waals surface area contributed by atoms with Crippen LogP contribution in [0.25, 0.3) is 11.2 Å². The highest BCUT2D eigenvalue weighted by Crippen LogP contribution is 2.51. The zero-order chi connectivity index (χ0) is 28.2. The van der Waals surface area contributed by atoms with Crippen molar-refractivity contribution >= 4 is 42.1 Å². The Labute approximate surface area is 223 Å². The first-order chi connectivity index (χ1) is 18.7. The molecule has 4 atom stereocenters. The third-order valence-electron chi connectivity index (χ3n) is 5.85. The zero-order valence-corrected chi connectivity index (χ0v) is 22.2. The van der Waals surface area contributed by atoms with Crippen LogP contribution in [-0.2, 0) is 34.1 Å². The Hall–Kier alpha value is -3.46. The molecule has 6 N–H and O–H groups in total. The topological polar surface area (TPSA) is 213 Å². The summed E-state index contributed by atoms with van der Waals surface area (Å²) < 4.78 is 30.2. The SMILES string of the molecule is CCOP(=O)(Cc1ccc(NC(=O)CNC(=O)[C@H]2O[C@@H](n3cnc4c(N)ncnc43)[C@H](O)[C@@H]2O)cc1)OCC. The molecular weight excluding hydrogens is 533 g/mol. The van der Waals surface area contributed by atoms with E-state index in [9.17, 15) is 24.4 Å². The van der Waals surface area contributed by atoms with Crippen LogP contribution >= 0.6 is 7.60 Å². The molecular formula is C23H30N7O8P. The number of hydrogen-bond donors (Lipinski definition) is 5. The number of aliphatic hydroxyl groups is 2. The van der Waals surface area contributed by atoms with Gasteiger partial charge < -0.3 is 40.4 Å². The average Bonchev–Trinajstić information content (AvgIpc) is 3.46. The van der Waals surface area contributed by atoms with Crippen LogP contribution in [0.2, 0.25) is 0 Å². The maximum Gasteiger partial charge on any atom is 0.335 e. The van der Waals surface area contributed by atoms with Crippen molar-refractivity contribution in [2.75, 3.05) is 30.8 Å². The number of nitrogen functional groups attached to an aromatic ring is 1. The largest absolute Gasteiger partial charge is 0.387 e. The molecule has 0 aliphatic carbocycles. The van der Waals surface area contributed by atoms with Crippen LogP contribution < -0.4 is 16.4 Å². The number of nitrogens with one attached hydrogen (secondary N) is 2. The zero-order valence-electron chi connectivity index (χ0n) is 21.3. The van der Waals surface area contributed by atoms with Crippen molar-refractivity contribution < 1.29 is 38.2 Å². The first kappa shape index (κ1) is 28.5. The first-order valence-corrected chi connectivity index (χ1v) is 13.9. The Bertz CT molecular complexity index is 1360. The molecule has 1 aliphatic heterocycles. The van der Waals surface area contributed by atoms with Crippen LogP contribution in [0.5, 0.6) is 0 Å². The number of aromatic nitrogens is 4. The van der Waals surface area contributed by atoms with Gasteiger partial charge in [0.05, 0.1) is 32.2 Å². The van der Waals surface area contributed by atoms with E-state index in [1.807, 2.05) is 0 Å². The van der Waals surface area contributed by atoms with Crippen LogP contribution in [0, 0.1) is 0 Å². The van der Waals surface area contributed by atoms with Crippen LogP contribution in [-0.4, -0.2) is 79.6 Å². The van der Waals surface area contributed by atoms with Crippen molar-refractivity contribution in [2.24, 2.45) is 0 Å². The molecule has 2 aromatic heterocycles. The van der Waals surface area contributed by atoms with E-state index in [4.69, 9.17) is 19.5 Å². The minimum atomic E-state index is -3.26. The number of nitrogens with zero attached hydrogens (tertiary/aromatic N) is 4. The number of nitrogens with two attached hydrogens (primary N) is 1. The minimum Gasteiger partial charge on any atom is -0.387 e. The quantitative estimate of drug-likeness (QED) is 0.202. The van der Waals surface area contributed by atoms with E-state index in [0.717, 1.165) is 0 Å². The van der Waals surface area contributed by atoms with Crippen molar-refractivity contribution in [1.82, 2.24) is 24.8 Å². The number of carbonyl (C=O) groups excluding carboxylic acids is 2. The maximum absolute atomic E-state index is 12.7. The molecule has 0 bridgehead atoms. The molecule has 0 radical (unpaired) electrons. The van der Waals surface area contributed by atoms with Gasteiger partial charge in [-0.2, -0.15) is 0 Å². The predicted octanol–water partition coefficient (Wildman–Crippen LogP) is 0.549. The Balaban J connectivity index is 1.31. The molecule has 1 saturated heterocycles. The van der Waals surface area contributed by atoms with Crippen molar-refractivity contribution in [3.63, 3.8) is 0 Å². The van der Waals surface area contributed by atoms with E-state index in [1.165, 1.54) is 17.2 Å². The highest BCUT2D eigenvalue weighted by Gasteiger charge is 2.47. The molecule has 0 spiro atoms. The Morgan fingerprint density at radius 1 is 1.10 bits per heavy atom. The minimum absolute atomic E-state index is 0.0880. The van der Waals surface area contributed by atoms with Gasteiger partial charge in [0.2, 0.25) is 5.91 Å². The Morgan fingerprint density at radius 3 is 2.46 bits per heavy atom. The summed E-state index contributed by atoms with van der Waals surface area (Å²) in [4.78, 5) is 37.1.